The number of nitrogens with zero attached hydrogens (tertiary/aromatic N) is 2. The summed E-state index contributed by atoms with van der Waals surface area (Å²) >= 11 is 0. The number of alkyl carbamates (subject to hydrolysis) is 1. The second kappa shape index (κ2) is 10.7. The van der Waals surface area contributed by atoms with Gasteiger partial charge in [0.1, 0.15) is 18.2 Å². The molecular formula is C19H31N3O6. The maximum absolute atomic E-state index is 12.5. The Morgan fingerprint density at radius 1 is 1.39 bits per heavy atom. The highest BCUT2D eigenvalue weighted by Gasteiger charge is 2.29. The Morgan fingerprint density at radius 3 is 2.64 bits per heavy atom. The first-order chi connectivity index (χ1) is 13.1. The lowest BCUT2D eigenvalue weighted by atomic mass is 10.0. The quantitative estimate of drug-likeness (QED) is 0.523. The zero-order valence-electron chi connectivity index (χ0n) is 17.3. The molecular weight excluding hydrogens is 366 g/mol. The minimum atomic E-state index is -0.896. The molecule has 1 rings (SSSR count). The predicted molar refractivity (Wildman–Crippen MR) is 103 cm³/mol. The highest BCUT2D eigenvalue weighted by Crippen LogP contribution is 2.19. The number of nitrogens with one attached hydrogen (secondary N) is 1. The molecule has 0 unspecified atom stereocenters. The third-order valence-corrected chi connectivity index (χ3v) is 3.85. The molecule has 0 aromatic rings. The summed E-state index contributed by atoms with van der Waals surface area (Å²) in [5, 5.41) is 3.58. The predicted octanol–water partition coefficient (Wildman–Crippen LogP) is 2.24. The maximum Gasteiger partial charge on any atom is 0.410 e. The van der Waals surface area contributed by atoms with Gasteiger partial charge in [-0.1, -0.05) is 24.3 Å². The number of ether oxygens (including phenoxy) is 2. The number of amides is 3. The lowest BCUT2D eigenvalue weighted by Crippen LogP contribution is -2.48. The summed E-state index contributed by atoms with van der Waals surface area (Å²) in [5.74, 6) is -0.437. The van der Waals surface area contributed by atoms with Gasteiger partial charge in [-0.15, -0.1) is 0 Å². The van der Waals surface area contributed by atoms with Crippen molar-refractivity contribution < 1.29 is 28.7 Å². The summed E-state index contributed by atoms with van der Waals surface area (Å²) in [4.78, 5) is 43.3. The molecule has 9 heteroatoms. The zero-order chi connectivity index (χ0) is 21.3. The van der Waals surface area contributed by atoms with Crippen LogP contribution in [0.4, 0.5) is 9.59 Å². The third kappa shape index (κ3) is 7.99. The maximum atomic E-state index is 12.5. The number of hydroxylamine groups is 2. The third-order valence-electron chi connectivity index (χ3n) is 3.85. The van der Waals surface area contributed by atoms with Gasteiger partial charge in [-0.25, -0.2) is 14.7 Å². The minimum absolute atomic E-state index is 0.0297. The second-order valence-electron chi connectivity index (χ2n) is 7.36. The fraction of sp³-hybridized carbons (Fsp3) is 0.632. The van der Waals surface area contributed by atoms with Crippen LogP contribution in [0.25, 0.3) is 0 Å². The van der Waals surface area contributed by atoms with Crippen LogP contribution in [-0.2, 0) is 19.1 Å². The SMILES string of the molecule is C=CCOC(=O)N[C@H](CC1=CCCN(C(=O)OC(C)(C)C)C1)C(=O)N(C)OC. The summed E-state index contributed by atoms with van der Waals surface area (Å²) in [6.45, 7) is 9.77. The Balaban J connectivity index is 2.81. The number of hydrogen-bond acceptors (Lipinski definition) is 6. The molecule has 28 heavy (non-hydrogen) atoms. The van der Waals surface area contributed by atoms with Gasteiger partial charge >= 0.3 is 12.2 Å². The summed E-state index contributed by atoms with van der Waals surface area (Å²) < 4.78 is 10.3. The number of carbonyl (C=O) groups is 3. The number of rotatable bonds is 7. The van der Waals surface area contributed by atoms with Crippen LogP contribution in [0.3, 0.4) is 0 Å². The van der Waals surface area contributed by atoms with Crippen LogP contribution in [0.15, 0.2) is 24.3 Å². The summed E-state index contributed by atoms with van der Waals surface area (Å²) in [5.41, 5.74) is 0.248. The van der Waals surface area contributed by atoms with Crippen molar-refractivity contribution >= 4 is 18.1 Å². The first-order valence-corrected chi connectivity index (χ1v) is 9.09. The highest BCUT2D eigenvalue weighted by atomic mass is 16.7. The molecule has 1 aliphatic heterocycles. The van der Waals surface area contributed by atoms with E-state index >= 15 is 0 Å². The van der Waals surface area contributed by atoms with E-state index in [4.69, 9.17) is 14.3 Å². The van der Waals surface area contributed by atoms with Crippen LogP contribution in [-0.4, -0.2) is 73.6 Å². The molecule has 158 valence electrons. The Morgan fingerprint density at radius 2 is 2.07 bits per heavy atom. The molecule has 1 atom stereocenters. The van der Waals surface area contributed by atoms with E-state index in [9.17, 15) is 14.4 Å². The first-order valence-electron chi connectivity index (χ1n) is 9.09. The van der Waals surface area contributed by atoms with Crippen molar-refractivity contribution in [3.05, 3.63) is 24.3 Å². The van der Waals surface area contributed by atoms with Crippen molar-refractivity contribution in [2.75, 3.05) is 33.9 Å². The van der Waals surface area contributed by atoms with Gasteiger partial charge < -0.3 is 19.7 Å². The molecule has 1 heterocycles. The second-order valence-corrected chi connectivity index (χ2v) is 7.36. The number of carbonyl (C=O) groups excluding carboxylic acids is 3. The fourth-order valence-corrected chi connectivity index (χ4v) is 2.53. The minimum Gasteiger partial charge on any atom is -0.445 e. The smallest absolute Gasteiger partial charge is 0.410 e. The van der Waals surface area contributed by atoms with E-state index in [2.05, 4.69) is 11.9 Å². The molecule has 9 nitrogen and oxygen atoms in total. The Bertz CT molecular complexity index is 611. The summed E-state index contributed by atoms with van der Waals surface area (Å²) in [7, 11) is 2.81. The van der Waals surface area contributed by atoms with Crippen LogP contribution in [0.2, 0.25) is 0 Å². The summed E-state index contributed by atoms with van der Waals surface area (Å²) in [6.07, 6.45) is 3.10. The summed E-state index contributed by atoms with van der Waals surface area (Å²) in [6, 6.07) is -0.896. The molecule has 3 amide bonds. The first kappa shape index (κ1) is 23.5. The van der Waals surface area contributed by atoms with E-state index < -0.39 is 29.7 Å². The van der Waals surface area contributed by atoms with Gasteiger partial charge in [-0.3, -0.25) is 9.63 Å². The Hall–Kier alpha value is -2.55. The van der Waals surface area contributed by atoms with Crippen molar-refractivity contribution in [3.63, 3.8) is 0 Å². The standard InChI is InChI=1S/C19H31N3O6/c1-7-11-27-17(24)20-15(16(23)21(5)26-6)12-14-9-8-10-22(13-14)18(25)28-19(2,3)4/h7,9,15H,1,8,10-13H2,2-6H3,(H,20,24)/t15-/m1/s1. The van der Waals surface area contributed by atoms with Crippen LogP contribution in [0.1, 0.15) is 33.6 Å². The van der Waals surface area contributed by atoms with E-state index in [-0.39, 0.29) is 13.0 Å². The number of hydrogen-bond donors (Lipinski definition) is 1. The van der Waals surface area contributed by atoms with Gasteiger partial charge in [0.2, 0.25) is 0 Å². The largest absolute Gasteiger partial charge is 0.445 e. The fourth-order valence-electron chi connectivity index (χ4n) is 2.53. The molecule has 0 radical (unpaired) electrons. The van der Waals surface area contributed by atoms with E-state index in [1.807, 2.05) is 6.08 Å². The van der Waals surface area contributed by atoms with Gasteiger partial charge in [-0.2, -0.15) is 0 Å². The molecule has 0 saturated heterocycles. The lowest BCUT2D eigenvalue weighted by molar-refractivity contribution is -0.170. The Labute approximate surface area is 166 Å². The van der Waals surface area contributed by atoms with Gasteiger partial charge in [0, 0.05) is 20.1 Å². The van der Waals surface area contributed by atoms with Gasteiger partial charge in [0.05, 0.1) is 7.11 Å². The average Bonchev–Trinajstić information content (AvgIpc) is 2.63. The van der Waals surface area contributed by atoms with Gasteiger partial charge in [-0.05, 0) is 33.6 Å². The molecule has 1 N–H and O–H groups in total. The molecule has 0 aromatic carbocycles. The van der Waals surface area contributed by atoms with E-state index in [1.165, 1.54) is 20.2 Å². The normalized spacial score (nSPS) is 15.2. The lowest BCUT2D eigenvalue weighted by Gasteiger charge is -2.31. The molecule has 0 saturated carbocycles. The topological polar surface area (TPSA) is 97.4 Å². The van der Waals surface area contributed by atoms with Crippen molar-refractivity contribution in [3.8, 4) is 0 Å². The highest BCUT2D eigenvalue weighted by molar-refractivity contribution is 5.85. The molecule has 1 aliphatic rings. The van der Waals surface area contributed by atoms with Crippen LogP contribution < -0.4 is 5.32 Å². The van der Waals surface area contributed by atoms with Crippen LogP contribution in [0.5, 0.6) is 0 Å². The molecule has 0 aliphatic carbocycles. The van der Waals surface area contributed by atoms with E-state index in [0.717, 1.165) is 10.6 Å². The van der Waals surface area contributed by atoms with Gasteiger partial charge in [0.25, 0.3) is 5.91 Å². The molecule has 0 aromatic heterocycles. The van der Waals surface area contributed by atoms with Crippen molar-refractivity contribution in [2.45, 2.75) is 45.3 Å². The van der Waals surface area contributed by atoms with E-state index in [1.54, 1.807) is 25.7 Å². The van der Waals surface area contributed by atoms with Gasteiger partial charge in [0.15, 0.2) is 0 Å². The zero-order valence-corrected chi connectivity index (χ0v) is 17.3. The molecule has 0 fully saturated rings. The van der Waals surface area contributed by atoms with Crippen molar-refractivity contribution in [2.24, 2.45) is 0 Å². The van der Waals surface area contributed by atoms with E-state index in [0.29, 0.717) is 19.5 Å². The average molecular weight is 397 g/mol. The van der Waals surface area contributed by atoms with Crippen molar-refractivity contribution in [1.82, 2.24) is 15.3 Å². The Kier molecular flexibility index (Phi) is 8.98. The monoisotopic (exact) mass is 397 g/mol. The number of likely N-dealkylation sites (N-methyl/N-ethyl adjacent to an activating group) is 1. The molecule has 0 spiro atoms. The molecule has 0 bridgehead atoms. The van der Waals surface area contributed by atoms with Crippen LogP contribution in [0, 0.1) is 0 Å². The van der Waals surface area contributed by atoms with Crippen LogP contribution >= 0.6 is 0 Å². The van der Waals surface area contributed by atoms with Crippen molar-refractivity contribution in [1.29, 1.82) is 0 Å².